The fourth-order valence-electron chi connectivity index (χ4n) is 2.55. The summed E-state index contributed by atoms with van der Waals surface area (Å²) < 4.78 is 7.25. The van der Waals surface area contributed by atoms with Crippen molar-refractivity contribution in [3.05, 3.63) is 25.0 Å². The van der Waals surface area contributed by atoms with Crippen LogP contribution in [0, 0.1) is 0 Å². The number of nitrogens with one attached hydrogen (secondary N) is 1. The Morgan fingerprint density at radius 1 is 1.30 bits per heavy atom. The number of aliphatic hydroxyl groups excluding tert-OH is 3. The lowest BCUT2D eigenvalue weighted by atomic mass is 10.1. The molecule has 1 aliphatic rings. The summed E-state index contributed by atoms with van der Waals surface area (Å²) in [5.41, 5.74) is 6.57. The Kier molecular flexibility index (Phi) is 4.39. The molecule has 1 saturated heterocycles. The molecule has 1 aliphatic heterocycles. The van der Waals surface area contributed by atoms with Crippen LogP contribution in [0.1, 0.15) is 6.23 Å². The van der Waals surface area contributed by atoms with Gasteiger partial charge in [0.2, 0.25) is 0 Å². The number of imidazole rings is 1. The van der Waals surface area contributed by atoms with E-state index < -0.39 is 24.5 Å². The van der Waals surface area contributed by atoms with Crippen LogP contribution in [0.2, 0.25) is 0 Å². The number of anilines is 1. The minimum atomic E-state index is -1.14. The van der Waals surface area contributed by atoms with Crippen molar-refractivity contribution < 1.29 is 20.1 Å². The number of nitrogens with two attached hydrogens (primary N) is 1. The van der Waals surface area contributed by atoms with Gasteiger partial charge in [-0.3, -0.25) is 4.57 Å². The third-order valence-corrected chi connectivity index (χ3v) is 3.71. The smallest absolute Gasteiger partial charge is 0.167 e. The molecule has 0 bridgehead atoms. The molecule has 0 spiro atoms. The van der Waals surface area contributed by atoms with E-state index in [1.807, 2.05) is 0 Å². The van der Waals surface area contributed by atoms with Gasteiger partial charge < -0.3 is 31.1 Å². The monoisotopic (exact) mass is 322 g/mol. The fraction of sp³-hybridized carbons (Fsp3) is 0.462. The number of nitrogens with zero attached hydrogens (tertiary/aromatic N) is 4. The SMILES string of the molecule is Nc1ncnc2c1ncn2[C@@H]1O[C@H](CNCC=CO)[C@@H](O)[C@H]1O. The van der Waals surface area contributed by atoms with Crippen molar-refractivity contribution >= 4 is 17.0 Å². The first kappa shape index (κ1) is 15.6. The highest BCUT2D eigenvalue weighted by Crippen LogP contribution is 2.31. The summed E-state index contributed by atoms with van der Waals surface area (Å²) in [4.78, 5) is 12.1. The van der Waals surface area contributed by atoms with Gasteiger partial charge in [-0.25, -0.2) is 15.0 Å². The van der Waals surface area contributed by atoms with Gasteiger partial charge >= 0.3 is 0 Å². The van der Waals surface area contributed by atoms with E-state index in [1.54, 1.807) is 0 Å². The van der Waals surface area contributed by atoms with Crippen molar-refractivity contribution in [3.8, 4) is 0 Å². The minimum absolute atomic E-state index is 0.232. The van der Waals surface area contributed by atoms with E-state index in [9.17, 15) is 10.2 Å². The highest BCUT2D eigenvalue weighted by molar-refractivity contribution is 5.81. The van der Waals surface area contributed by atoms with Crippen molar-refractivity contribution in [2.75, 3.05) is 18.8 Å². The maximum absolute atomic E-state index is 10.3. The van der Waals surface area contributed by atoms with Crippen LogP contribution in [-0.4, -0.2) is 66.2 Å². The molecular weight excluding hydrogens is 304 g/mol. The molecule has 4 atom stereocenters. The number of hydrogen-bond donors (Lipinski definition) is 5. The lowest BCUT2D eigenvalue weighted by Gasteiger charge is -2.16. The first-order valence-corrected chi connectivity index (χ1v) is 7.08. The normalized spacial score (nSPS) is 28.1. The van der Waals surface area contributed by atoms with Crippen LogP contribution in [0.25, 0.3) is 11.2 Å². The quantitative estimate of drug-likeness (QED) is 0.333. The second-order valence-electron chi connectivity index (χ2n) is 5.17. The van der Waals surface area contributed by atoms with Gasteiger partial charge in [-0.1, -0.05) is 0 Å². The van der Waals surface area contributed by atoms with Crippen molar-refractivity contribution in [1.82, 2.24) is 24.8 Å². The van der Waals surface area contributed by atoms with E-state index in [-0.39, 0.29) is 5.82 Å². The third-order valence-electron chi connectivity index (χ3n) is 3.71. The molecule has 23 heavy (non-hydrogen) atoms. The summed E-state index contributed by atoms with van der Waals surface area (Å²) in [6.07, 6.45) is 1.54. The van der Waals surface area contributed by atoms with Crippen LogP contribution in [0.15, 0.2) is 25.0 Å². The second kappa shape index (κ2) is 6.46. The number of aromatic nitrogens is 4. The molecule has 1 fully saturated rings. The molecule has 10 heteroatoms. The molecule has 0 aromatic carbocycles. The number of hydrogen-bond acceptors (Lipinski definition) is 9. The number of nitrogen functional groups attached to an aromatic ring is 1. The molecule has 2 aromatic rings. The summed E-state index contributed by atoms with van der Waals surface area (Å²) >= 11 is 0. The average molecular weight is 322 g/mol. The molecule has 6 N–H and O–H groups in total. The Morgan fingerprint density at radius 2 is 2.13 bits per heavy atom. The summed E-state index contributed by atoms with van der Waals surface area (Å²) in [6, 6.07) is 0. The zero-order chi connectivity index (χ0) is 16.4. The lowest BCUT2D eigenvalue weighted by molar-refractivity contribution is -0.0339. The molecule has 10 nitrogen and oxygen atoms in total. The molecule has 3 rings (SSSR count). The molecule has 124 valence electrons. The van der Waals surface area contributed by atoms with Crippen molar-refractivity contribution in [2.45, 2.75) is 24.5 Å². The summed E-state index contributed by atoms with van der Waals surface area (Å²) in [6.45, 7) is 0.727. The molecule has 0 amide bonds. The van der Waals surface area contributed by atoms with Gasteiger partial charge in [0, 0.05) is 13.1 Å². The van der Waals surface area contributed by atoms with E-state index in [4.69, 9.17) is 15.6 Å². The Balaban J connectivity index is 1.78. The Bertz CT molecular complexity index is 705. The maximum atomic E-state index is 10.3. The van der Waals surface area contributed by atoms with Crippen LogP contribution >= 0.6 is 0 Å². The predicted molar refractivity (Wildman–Crippen MR) is 80.3 cm³/mol. The lowest BCUT2D eigenvalue weighted by Crippen LogP contribution is -2.37. The van der Waals surface area contributed by atoms with Gasteiger partial charge in [0.25, 0.3) is 0 Å². The first-order valence-electron chi connectivity index (χ1n) is 7.08. The summed E-state index contributed by atoms with van der Waals surface area (Å²) in [5, 5.41) is 31.9. The molecule has 0 aliphatic carbocycles. The first-order chi connectivity index (χ1) is 11.1. The Morgan fingerprint density at radius 3 is 2.91 bits per heavy atom. The standard InChI is InChI=1S/C13H18N6O4/c14-11-8-12(17-5-16-11)19(6-18-8)13-10(22)9(21)7(23-13)4-15-2-1-3-20/h1,3,5-7,9-10,13,15,20-22H,2,4H2,(H2,14,16,17)/t7-,9-,10-,13-/m1/s1. The van der Waals surface area contributed by atoms with E-state index in [1.165, 1.54) is 23.3 Å². The van der Waals surface area contributed by atoms with Gasteiger partial charge in [-0.2, -0.15) is 0 Å². The number of rotatable bonds is 5. The van der Waals surface area contributed by atoms with Crippen LogP contribution < -0.4 is 11.1 Å². The third kappa shape index (κ3) is 2.84. The van der Waals surface area contributed by atoms with Gasteiger partial charge in [0.15, 0.2) is 17.7 Å². The number of ether oxygens (including phenoxy) is 1. The second-order valence-corrected chi connectivity index (χ2v) is 5.17. The molecule has 0 radical (unpaired) electrons. The van der Waals surface area contributed by atoms with E-state index >= 15 is 0 Å². The van der Waals surface area contributed by atoms with Gasteiger partial charge in [0.05, 0.1) is 12.6 Å². The Hall–Kier alpha value is -2.27. The molecule has 3 heterocycles. The van der Waals surface area contributed by atoms with Crippen LogP contribution in [0.4, 0.5) is 5.82 Å². The highest BCUT2D eigenvalue weighted by atomic mass is 16.6. The molecular formula is C13H18N6O4. The van der Waals surface area contributed by atoms with Crippen LogP contribution in [0.3, 0.4) is 0 Å². The number of fused-ring (bicyclic) bond motifs is 1. The van der Waals surface area contributed by atoms with Crippen LogP contribution in [0.5, 0.6) is 0 Å². The topological polar surface area (TPSA) is 152 Å². The fourth-order valence-corrected chi connectivity index (χ4v) is 2.55. The Labute approximate surface area is 131 Å². The molecule has 0 saturated carbocycles. The van der Waals surface area contributed by atoms with Gasteiger partial charge in [0.1, 0.15) is 30.2 Å². The van der Waals surface area contributed by atoms with E-state index in [2.05, 4.69) is 20.3 Å². The summed E-state index contributed by atoms with van der Waals surface area (Å²) in [5.74, 6) is 0.232. The van der Waals surface area contributed by atoms with Gasteiger partial charge in [-0.15, -0.1) is 0 Å². The zero-order valence-corrected chi connectivity index (χ0v) is 12.1. The van der Waals surface area contributed by atoms with Gasteiger partial charge in [-0.05, 0) is 6.08 Å². The predicted octanol–water partition coefficient (Wildman–Crippen LogP) is -1.31. The largest absolute Gasteiger partial charge is 0.516 e. The maximum Gasteiger partial charge on any atom is 0.167 e. The molecule has 2 aromatic heterocycles. The van der Waals surface area contributed by atoms with E-state index in [0.717, 1.165) is 6.26 Å². The van der Waals surface area contributed by atoms with Crippen molar-refractivity contribution in [1.29, 1.82) is 0 Å². The summed E-state index contributed by atoms with van der Waals surface area (Å²) in [7, 11) is 0. The zero-order valence-electron chi connectivity index (χ0n) is 12.1. The van der Waals surface area contributed by atoms with Crippen LogP contribution in [-0.2, 0) is 4.74 Å². The molecule has 0 unspecified atom stereocenters. The van der Waals surface area contributed by atoms with Crippen molar-refractivity contribution in [2.24, 2.45) is 0 Å². The minimum Gasteiger partial charge on any atom is -0.516 e. The number of aliphatic hydroxyl groups is 3. The average Bonchev–Trinajstić information content (AvgIpc) is 3.09. The van der Waals surface area contributed by atoms with Crippen molar-refractivity contribution in [3.63, 3.8) is 0 Å². The highest BCUT2D eigenvalue weighted by Gasteiger charge is 2.44. The van der Waals surface area contributed by atoms with E-state index in [0.29, 0.717) is 24.3 Å².